The van der Waals surface area contributed by atoms with Crippen LogP contribution in [-0.4, -0.2) is 34.2 Å². The zero-order valence-electron chi connectivity index (χ0n) is 14.1. The Morgan fingerprint density at radius 1 is 1.12 bits per heavy atom. The molecule has 0 aromatic heterocycles. The van der Waals surface area contributed by atoms with E-state index in [4.69, 9.17) is 15.2 Å². The first-order valence-corrected chi connectivity index (χ1v) is 7.50. The lowest BCUT2D eigenvalue weighted by Crippen LogP contribution is -2.57. The highest BCUT2D eigenvalue weighted by Crippen LogP contribution is 2.18. The normalized spacial score (nSPS) is 13.7. The lowest BCUT2D eigenvalue weighted by atomic mass is 9.94. The maximum atomic E-state index is 12.0. The fourth-order valence-electron chi connectivity index (χ4n) is 1.77. The lowest BCUT2D eigenvalue weighted by molar-refractivity contribution is -0.169. The minimum absolute atomic E-state index is 0.0662. The third kappa shape index (κ3) is 6.00. The van der Waals surface area contributed by atoms with Crippen LogP contribution in [0.15, 0.2) is 30.3 Å². The fraction of sp³-hybridized carbons (Fsp3) is 0.471. The molecule has 0 amide bonds. The van der Waals surface area contributed by atoms with Crippen molar-refractivity contribution >= 4 is 17.9 Å². The Balaban J connectivity index is 2.61. The molecule has 0 aliphatic heterocycles. The van der Waals surface area contributed by atoms with Crippen LogP contribution in [0.2, 0.25) is 0 Å². The van der Waals surface area contributed by atoms with Gasteiger partial charge in [-0.05, 0) is 32.8 Å². The van der Waals surface area contributed by atoms with E-state index in [-0.39, 0.29) is 13.0 Å². The molecular formula is C17H23NO6. The number of ether oxygens (including phenoxy) is 2. The van der Waals surface area contributed by atoms with Crippen molar-refractivity contribution in [3.63, 3.8) is 0 Å². The van der Waals surface area contributed by atoms with Crippen LogP contribution in [0, 0.1) is 0 Å². The smallest absolute Gasteiger partial charge is 0.338 e. The number of rotatable bonds is 7. The highest BCUT2D eigenvalue weighted by atomic mass is 16.6. The first-order chi connectivity index (χ1) is 11.0. The minimum Gasteiger partial charge on any atom is -0.479 e. The third-order valence-electron chi connectivity index (χ3n) is 3.11. The summed E-state index contributed by atoms with van der Waals surface area (Å²) in [6.07, 6.45) is -0.722. The SMILES string of the molecule is CC(C)(C)OC(=O)C(N)(CCC(=O)OCc1ccccc1)C(=O)O. The Hall–Kier alpha value is -2.41. The molecule has 1 rings (SSSR count). The number of carboxylic acids is 1. The predicted octanol–water partition coefficient (Wildman–Crippen LogP) is 1.63. The molecule has 0 saturated carbocycles. The maximum Gasteiger partial charge on any atom is 0.338 e. The average molecular weight is 337 g/mol. The van der Waals surface area contributed by atoms with Crippen molar-refractivity contribution in [1.29, 1.82) is 0 Å². The Morgan fingerprint density at radius 2 is 1.71 bits per heavy atom. The van der Waals surface area contributed by atoms with Gasteiger partial charge in [0.15, 0.2) is 0 Å². The molecule has 0 fully saturated rings. The third-order valence-corrected chi connectivity index (χ3v) is 3.11. The van der Waals surface area contributed by atoms with Gasteiger partial charge in [0.2, 0.25) is 5.54 Å². The second-order valence-electron chi connectivity index (χ2n) is 6.42. The molecule has 24 heavy (non-hydrogen) atoms. The van der Waals surface area contributed by atoms with Crippen LogP contribution < -0.4 is 5.73 Å². The zero-order valence-corrected chi connectivity index (χ0v) is 14.1. The molecule has 7 nitrogen and oxygen atoms in total. The van der Waals surface area contributed by atoms with Crippen molar-refractivity contribution in [2.24, 2.45) is 5.73 Å². The standard InChI is InChI=1S/C17H23NO6/c1-16(2,3)24-15(22)17(18,14(20)21)10-9-13(19)23-11-12-7-5-4-6-8-12/h4-8H,9-11,18H2,1-3H3,(H,20,21). The summed E-state index contributed by atoms with van der Waals surface area (Å²) >= 11 is 0. The summed E-state index contributed by atoms with van der Waals surface area (Å²) in [6, 6.07) is 9.03. The molecule has 0 saturated heterocycles. The summed E-state index contributed by atoms with van der Waals surface area (Å²) in [5, 5.41) is 9.24. The van der Waals surface area contributed by atoms with Crippen molar-refractivity contribution in [2.75, 3.05) is 0 Å². The van der Waals surface area contributed by atoms with E-state index >= 15 is 0 Å². The van der Waals surface area contributed by atoms with E-state index in [1.807, 2.05) is 6.07 Å². The van der Waals surface area contributed by atoms with E-state index in [1.54, 1.807) is 45.0 Å². The topological polar surface area (TPSA) is 116 Å². The van der Waals surface area contributed by atoms with Gasteiger partial charge in [-0.25, -0.2) is 9.59 Å². The van der Waals surface area contributed by atoms with Crippen LogP contribution in [0.5, 0.6) is 0 Å². The van der Waals surface area contributed by atoms with Crippen LogP contribution in [0.25, 0.3) is 0 Å². The highest BCUT2D eigenvalue weighted by molar-refractivity contribution is 6.04. The molecule has 0 radical (unpaired) electrons. The first kappa shape index (κ1) is 19.6. The quantitative estimate of drug-likeness (QED) is 0.574. The van der Waals surface area contributed by atoms with Crippen LogP contribution in [0.1, 0.15) is 39.2 Å². The van der Waals surface area contributed by atoms with Crippen molar-refractivity contribution in [2.45, 2.75) is 51.4 Å². The van der Waals surface area contributed by atoms with Gasteiger partial charge in [0.05, 0.1) is 0 Å². The molecule has 0 spiro atoms. The molecule has 132 valence electrons. The van der Waals surface area contributed by atoms with E-state index < -0.39 is 35.5 Å². The molecule has 1 unspecified atom stereocenters. The summed E-state index contributed by atoms with van der Waals surface area (Å²) in [5.41, 5.74) is 3.29. The highest BCUT2D eigenvalue weighted by Gasteiger charge is 2.45. The van der Waals surface area contributed by atoms with Gasteiger partial charge in [-0.3, -0.25) is 4.79 Å². The fourth-order valence-corrected chi connectivity index (χ4v) is 1.77. The lowest BCUT2D eigenvalue weighted by Gasteiger charge is -2.27. The number of carbonyl (C=O) groups excluding carboxylic acids is 2. The molecule has 0 bridgehead atoms. The molecular weight excluding hydrogens is 314 g/mol. The minimum atomic E-state index is -2.29. The number of nitrogens with two attached hydrogens (primary N) is 1. The Labute approximate surface area is 140 Å². The van der Waals surface area contributed by atoms with Gasteiger partial charge < -0.3 is 20.3 Å². The van der Waals surface area contributed by atoms with Gasteiger partial charge >= 0.3 is 17.9 Å². The van der Waals surface area contributed by atoms with E-state index in [9.17, 15) is 19.5 Å². The maximum absolute atomic E-state index is 12.0. The number of hydrogen-bond donors (Lipinski definition) is 2. The van der Waals surface area contributed by atoms with Gasteiger partial charge in [0.25, 0.3) is 0 Å². The summed E-state index contributed by atoms with van der Waals surface area (Å²) in [7, 11) is 0. The largest absolute Gasteiger partial charge is 0.479 e. The number of carboxylic acid groups (broad SMARTS) is 1. The first-order valence-electron chi connectivity index (χ1n) is 7.50. The predicted molar refractivity (Wildman–Crippen MR) is 85.9 cm³/mol. The average Bonchev–Trinajstić information content (AvgIpc) is 2.49. The van der Waals surface area contributed by atoms with Crippen LogP contribution in [0.3, 0.4) is 0 Å². The number of carbonyl (C=O) groups is 3. The second-order valence-corrected chi connectivity index (χ2v) is 6.42. The number of aliphatic carboxylic acids is 1. The van der Waals surface area contributed by atoms with Crippen LogP contribution >= 0.6 is 0 Å². The molecule has 0 heterocycles. The Morgan fingerprint density at radius 3 is 2.21 bits per heavy atom. The molecule has 1 atom stereocenters. The van der Waals surface area contributed by atoms with Crippen LogP contribution in [0.4, 0.5) is 0 Å². The van der Waals surface area contributed by atoms with Crippen molar-refractivity contribution in [3.8, 4) is 0 Å². The van der Waals surface area contributed by atoms with Crippen LogP contribution in [-0.2, 0) is 30.5 Å². The number of hydrogen-bond acceptors (Lipinski definition) is 6. The van der Waals surface area contributed by atoms with Gasteiger partial charge in [-0.1, -0.05) is 30.3 Å². The molecule has 0 aliphatic carbocycles. The molecule has 1 aromatic carbocycles. The summed E-state index contributed by atoms with van der Waals surface area (Å²) < 4.78 is 10.1. The zero-order chi connectivity index (χ0) is 18.4. The van der Waals surface area contributed by atoms with E-state index in [1.165, 1.54) is 0 Å². The van der Waals surface area contributed by atoms with E-state index in [2.05, 4.69) is 0 Å². The summed E-state index contributed by atoms with van der Waals surface area (Å²) in [5.74, 6) is -3.27. The Bertz CT molecular complexity index is 593. The summed E-state index contributed by atoms with van der Waals surface area (Å²) in [6.45, 7) is 4.86. The van der Waals surface area contributed by atoms with Crippen molar-refractivity contribution in [3.05, 3.63) is 35.9 Å². The molecule has 3 N–H and O–H groups in total. The van der Waals surface area contributed by atoms with Gasteiger partial charge in [-0.15, -0.1) is 0 Å². The van der Waals surface area contributed by atoms with Crippen molar-refractivity contribution in [1.82, 2.24) is 0 Å². The Kier molecular flexibility index (Phi) is 6.48. The van der Waals surface area contributed by atoms with Gasteiger partial charge in [0.1, 0.15) is 12.2 Å². The van der Waals surface area contributed by atoms with Gasteiger partial charge in [0, 0.05) is 6.42 Å². The number of esters is 2. The van der Waals surface area contributed by atoms with Crippen molar-refractivity contribution < 1.29 is 29.0 Å². The molecule has 1 aromatic rings. The molecule has 7 heteroatoms. The van der Waals surface area contributed by atoms with Gasteiger partial charge in [-0.2, -0.15) is 0 Å². The van der Waals surface area contributed by atoms with E-state index in [0.29, 0.717) is 0 Å². The molecule has 0 aliphatic rings. The van der Waals surface area contributed by atoms with E-state index in [0.717, 1.165) is 5.56 Å². The monoisotopic (exact) mass is 337 g/mol. The summed E-state index contributed by atoms with van der Waals surface area (Å²) in [4.78, 5) is 35.2. The number of benzene rings is 1. The second kappa shape index (κ2) is 7.92.